The summed E-state index contributed by atoms with van der Waals surface area (Å²) < 4.78 is 11.5. The van der Waals surface area contributed by atoms with E-state index in [4.69, 9.17) is 21.1 Å². The monoisotopic (exact) mass is 518 g/mol. The van der Waals surface area contributed by atoms with Gasteiger partial charge in [0.05, 0.1) is 13.2 Å². The van der Waals surface area contributed by atoms with Gasteiger partial charge in [0.1, 0.15) is 11.9 Å². The molecule has 1 unspecified atom stereocenters. The second kappa shape index (κ2) is 13.9. The summed E-state index contributed by atoms with van der Waals surface area (Å²) in [4.78, 5) is 28.6. The van der Waals surface area contributed by atoms with E-state index in [0.717, 1.165) is 44.9 Å². The Labute approximate surface area is 221 Å². The lowest BCUT2D eigenvalue weighted by Crippen LogP contribution is -2.48. The number of carbonyl (C=O) groups is 2. The summed E-state index contributed by atoms with van der Waals surface area (Å²) in [6.45, 7) is 6.61. The number of methoxy groups -OCH3 is 1. The van der Waals surface area contributed by atoms with Crippen LogP contribution in [0, 0.1) is 5.92 Å². The summed E-state index contributed by atoms with van der Waals surface area (Å²) in [6.07, 6.45) is 11.7. The molecule has 1 saturated carbocycles. The van der Waals surface area contributed by atoms with Crippen LogP contribution in [0.4, 0.5) is 0 Å². The van der Waals surface area contributed by atoms with Crippen molar-refractivity contribution < 1.29 is 19.1 Å². The molecule has 1 fully saturated rings. The van der Waals surface area contributed by atoms with Crippen molar-refractivity contribution in [1.29, 1.82) is 0 Å². The van der Waals surface area contributed by atoms with E-state index in [0.29, 0.717) is 29.5 Å². The van der Waals surface area contributed by atoms with Crippen molar-refractivity contribution in [2.24, 2.45) is 5.92 Å². The van der Waals surface area contributed by atoms with Crippen molar-refractivity contribution in [3.63, 3.8) is 0 Å². The van der Waals surface area contributed by atoms with E-state index in [9.17, 15) is 9.59 Å². The molecule has 0 radical (unpaired) electrons. The Balaban J connectivity index is 1.92. The smallest absolute Gasteiger partial charge is 0.247 e. The van der Waals surface area contributed by atoms with Crippen LogP contribution in [0.25, 0.3) is 0 Å². The third-order valence-corrected chi connectivity index (χ3v) is 7.51. The Kier molecular flexibility index (Phi) is 11.0. The maximum atomic E-state index is 13.8. The Bertz CT molecular complexity index is 909. The van der Waals surface area contributed by atoms with E-state index in [1.165, 1.54) is 18.4 Å². The van der Waals surface area contributed by atoms with Crippen LogP contribution in [0.3, 0.4) is 0 Å². The number of amides is 2. The zero-order valence-corrected chi connectivity index (χ0v) is 23.1. The molecule has 0 bridgehead atoms. The molecule has 1 N–H and O–H groups in total. The molecule has 3 rings (SSSR count). The Morgan fingerprint density at radius 2 is 1.89 bits per heavy atom. The first-order chi connectivity index (χ1) is 17.3. The van der Waals surface area contributed by atoms with Gasteiger partial charge in [-0.2, -0.15) is 0 Å². The van der Waals surface area contributed by atoms with Gasteiger partial charge in [0.2, 0.25) is 11.8 Å². The highest BCUT2D eigenvalue weighted by Gasteiger charge is 2.33. The lowest BCUT2D eigenvalue weighted by atomic mass is 9.87. The van der Waals surface area contributed by atoms with Gasteiger partial charge < -0.3 is 19.7 Å². The minimum Gasteiger partial charge on any atom is -0.493 e. The Morgan fingerprint density at radius 1 is 1.14 bits per heavy atom. The van der Waals surface area contributed by atoms with Gasteiger partial charge in [-0.15, -0.1) is 11.6 Å². The summed E-state index contributed by atoms with van der Waals surface area (Å²) in [5.74, 6) is 1.26. The highest BCUT2D eigenvalue weighted by Crippen LogP contribution is 2.34. The van der Waals surface area contributed by atoms with Crippen LogP contribution in [0.2, 0.25) is 0 Å². The van der Waals surface area contributed by atoms with Crippen LogP contribution in [-0.4, -0.2) is 48.4 Å². The number of halogens is 1. The van der Waals surface area contributed by atoms with Crippen LogP contribution in [0.15, 0.2) is 29.8 Å². The first kappa shape index (κ1) is 28.4. The van der Waals surface area contributed by atoms with Crippen LogP contribution < -0.4 is 14.8 Å². The van der Waals surface area contributed by atoms with E-state index >= 15 is 0 Å². The standard InChI is InChI=1S/C29H43ClN2O4/c1-20(2)36-25-15-12-23(18-26(25)35-4)28(29(34)31-24-13-10-21(3)11-14-24)32(27(33)19-30)17-16-22-8-6-5-7-9-22/h8,12,15,18,20-21,24,28H,5-7,9-11,13-14,16-17,19H2,1-4H3,(H,31,34). The predicted molar refractivity (Wildman–Crippen MR) is 145 cm³/mol. The second-order valence-corrected chi connectivity index (χ2v) is 10.8. The van der Waals surface area contributed by atoms with Crippen LogP contribution in [0.1, 0.15) is 90.2 Å². The maximum Gasteiger partial charge on any atom is 0.247 e. The molecule has 6 nitrogen and oxygen atoms in total. The molecule has 1 atom stereocenters. The number of nitrogens with zero attached hydrogens (tertiary/aromatic N) is 1. The molecule has 2 aliphatic rings. The topological polar surface area (TPSA) is 67.9 Å². The first-order valence-corrected chi connectivity index (χ1v) is 14.0. The van der Waals surface area contributed by atoms with Gasteiger partial charge in [0.25, 0.3) is 0 Å². The van der Waals surface area contributed by atoms with E-state index < -0.39 is 6.04 Å². The zero-order valence-electron chi connectivity index (χ0n) is 22.4. The van der Waals surface area contributed by atoms with Crippen molar-refractivity contribution in [2.75, 3.05) is 19.5 Å². The second-order valence-electron chi connectivity index (χ2n) is 10.5. The van der Waals surface area contributed by atoms with Gasteiger partial charge >= 0.3 is 0 Å². The third-order valence-electron chi connectivity index (χ3n) is 7.28. The quantitative estimate of drug-likeness (QED) is 0.280. The highest BCUT2D eigenvalue weighted by molar-refractivity contribution is 6.27. The van der Waals surface area contributed by atoms with Crippen LogP contribution in [0.5, 0.6) is 11.5 Å². The van der Waals surface area contributed by atoms with E-state index in [1.54, 1.807) is 12.0 Å². The molecule has 7 heteroatoms. The average Bonchev–Trinajstić information content (AvgIpc) is 2.88. The highest BCUT2D eigenvalue weighted by atomic mass is 35.5. The molecular formula is C29H43ClN2O4. The zero-order chi connectivity index (χ0) is 26.1. The number of carbonyl (C=O) groups excluding carboxylic acids is 2. The molecule has 2 aliphatic carbocycles. The molecule has 1 aromatic rings. The summed E-state index contributed by atoms with van der Waals surface area (Å²) in [5.41, 5.74) is 2.05. The number of hydrogen-bond acceptors (Lipinski definition) is 4. The molecule has 0 heterocycles. The van der Waals surface area contributed by atoms with Gasteiger partial charge in [-0.25, -0.2) is 0 Å². The molecule has 0 saturated heterocycles. The van der Waals surface area contributed by atoms with Gasteiger partial charge in [-0.05, 0) is 95.2 Å². The molecule has 0 aliphatic heterocycles. The molecular weight excluding hydrogens is 476 g/mol. The molecule has 0 aromatic heterocycles. The SMILES string of the molecule is COc1cc(C(C(=O)NC2CCC(C)CC2)N(CCC2=CCCCC2)C(=O)CCl)ccc1OC(C)C. The third kappa shape index (κ3) is 7.89. The average molecular weight is 519 g/mol. The Morgan fingerprint density at radius 3 is 2.50 bits per heavy atom. The van der Waals surface area contributed by atoms with Crippen LogP contribution >= 0.6 is 11.6 Å². The van der Waals surface area contributed by atoms with Gasteiger partial charge in [0.15, 0.2) is 11.5 Å². The molecule has 200 valence electrons. The number of nitrogens with one attached hydrogen (secondary N) is 1. The van der Waals surface area contributed by atoms with E-state index in [1.807, 2.05) is 32.0 Å². The lowest BCUT2D eigenvalue weighted by molar-refractivity contribution is -0.139. The number of ether oxygens (including phenoxy) is 2. The summed E-state index contributed by atoms with van der Waals surface area (Å²) >= 11 is 6.07. The predicted octanol–water partition coefficient (Wildman–Crippen LogP) is 6.18. The molecule has 0 spiro atoms. The van der Waals surface area contributed by atoms with Crippen molar-refractivity contribution in [2.45, 2.75) is 96.7 Å². The van der Waals surface area contributed by atoms with Gasteiger partial charge in [-0.1, -0.05) is 24.6 Å². The molecule has 2 amide bonds. The van der Waals surface area contributed by atoms with Crippen molar-refractivity contribution in [3.8, 4) is 11.5 Å². The minimum atomic E-state index is -0.790. The number of benzene rings is 1. The Hall–Kier alpha value is -2.21. The van der Waals surface area contributed by atoms with E-state index in [2.05, 4.69) is 18.3 Å². The number of rotatable bonds is 11. The summed E-state index contributed by atoms with van der Waals surface area (Å²) in [5, 5.41) is 3.26. The van der Waals surface area contributed by atoms with E-state index in [-0.39, 0.29) is 29.8 Å². The fraction of sp³-hybridized carbons (Fsp3) is 0.655. The number of alkyl halides is 1. The van der Waals surface area contributed by atoms with Crippen LogP contribution in [-0.2, 0) is 9.59 Å². The van der Waals surface area contributed by atoms with Gasteiger partial charge in [0, 0.05) is 12.6 Å². The molecule has 36 heavy (non-hydrogen) atoms. The fourth-order valence-corrected chi connectivity index (χ4v) is 5.39. The largest absolute Gasteiger partial charge is 0.493 e. The van der Waals surface area contributed by atoms with Crippen molar-refractivity contribution in [1.82, 2.24) is 10.2 Å². The number of allylic oxidation sites excluding steroid dienone is 1. The molecule has 1 aromatic carbocycles. The first-order valence-electron chi connectivity index (χ1n) is 13.5. The summed E-state index contributed by atoms with van der Waals surface area (Å²) in [6, 6.07) is 4.84. The minimum absolute atomic E-state index is 0.0179. The fourth-order valence-electron chi connectivity index (χ4n) is 5.23. The lowest BCUT2D eigenvalue weighted by Gasteiger charge is -2.34. The van der Waals surface area contributed by atoms with Crippen molar-refractivity contribution in [3.05, 3.63) is 35.4 Å². The normalized spacial score (nSPS) is 20.9. The number of hydrogen-bond donors (Lipinski definition) is 1. The maximum absolute atomic E-state index is 13.8. The van der Waals surface area contributed by atoms with Gasteiger partial charge in [-0.3, -0.25) is 9.59 Å². The van der Waals surface area contributed by atoms with Crippen molar-refractivity contribution >= 4 is 23.4 Å². The summed E-state index contributed by atoms with van der Waals surface area (Å²) in [7, 11) is 1.59.